The number of halogens is 1. The molecule has 0 radical (unpaired) electrons. The van der Waals surface area contributed by atoms with Gasteiger partial charge in [0.1, 0.15) is 5.75 Å². The van der Waals surface area contributed by atoms with Gasteiger partial charge < -0.3 is 15.4 Å². The monoisotopic (exact) mass is 434 g/mol. The van der Waals surface area contributed by atoms with Crippen LogP contribution >= 0.6 is 12.4 Å². The van der Waals surface area contributed by atoms with E-state index < -0.39 is 4.92 Å². The minimum Gasteiger partial charge on any atom is -0.494 e. The van der Waals surface area contributed by atoms with Crippen molar-refractivity contribution in [2.24, 2.45) is 0 Å². The van der Waals surface area contributed by atoms with Gasteiger partial charge in [-0.05, 0) is 23.6 Å². The Bertz CT molecular complexity index is 876. The van der Waals surface area contributed by atoms with E-state index >= 15 is 0 Å². The quantitative estimate of drug-likeness (QED) is 0.513. The van der Waals surface area contributed by atoms with E-state index in [0.29, 0.717) is 5.69 Å². The normalized spacial score (nSPS) is 16.4. The van der Waals surface area contributed by atoms with Crippen LogP contribution in [0.1, 0.15) is 24.1 Å². The Morgan fingerprint density at radius 2 is 2.03 bits per heavy atom. The first-order valence-electron chi connectivity index (χ1n) is 9.67. The van der Waals surface area contributed by atoms with Crippen molar-refractivity contribution in [2.45, 2.75) is 19.4 Å². The lowest BCUT2D eigenvalue weighted by Gasteiger charge is -2.36. The van der Waals surface area contributed by atoms with E-state index in [1.165, 1.54) is 36.4 Å². The first-order valence-corrected chi connectivity index (χ1v) is 9.67. The van der Waals surface area contributed by atoms with E-state index in [2.05, 4.69) is 46.7 Å². The topological polar surface area (TPSA) is 96.7 Å². The van der Waals surface area contributed by atoms with Gasteiger partial charge in [-0.25, -0.2) is 0 Å². The first kappa shape index (κ1) is 23.6. The van der Waals surface area contributed by atoms with Crippen LogP contribution in [-0.2, 0) is 11.2 Å². The van der Waals surface area contributed by atoms with Crippen molar-refractivity contribution in [2.75, 3.05) is 38.6 Å². The van der Waals surface area contributed by atoms with Gasteiger partial charge in [0.15, 0.2) is 0 Å². The zero-order valence-corrected chi connectivity index (χ0v) is 17.9. The molecule has 0 aromatic heterocycles. The van der Waals surface area contributed by atoms with Crippen molar-refractivity contribution in [3.8, 4) is 5.75 Å². The van der Waals surface area contributed by atoms with Gasteiger partial charge in [0, 0.05) is 31.7 Å². The van der Waals surface area contributed by atoms with Gasteiger partial charge in [0.05, 0.1) is 30.3 Å². The number of methoxy groups -OCH3 is 1. The third-order valence-electron chi connectivity index (χ3n) is 5.14. The molecule has 1 amide bonds. The van der Waals surface area contributed by atoms with Crippen molar-refractivity contribution < 1.29 is 14.5 Å². The van der Waals surface area contributed by atoms with Crippen LogP contribution in [0.2, 0.25) is 0 Å². The SMILES string of the molecule is CCc1ccc(C2CNCCN2CC(=O)Nc2ccc([N+](=O)[O-])cc2OC)cc1.Cl. The number of ether oxygens (including phenoxy) is 1. The van der Waals surface area contributed by atoms with E-state index in [0.717, 1.165) is 26.1 Å². The summed E-state index contributed by atoms with van der Waals surface area (Å²) in [4.78, 5) is 25.3. The van der Waals surface area contributed by atoms with Gasteiger partial charge in [-0.15, -0.1) is 12.4 Å². The highest BCUT2D eigenvalue weighted by atomic mass is 35.5. The molecule has 30 heavy (non-hydrogen) atoms. The Morgan fingerprint density at radius 1 is 1.30 bits per heavy atom. The van der Waals surface area contributed by atoms with Crippen LogP contribution in [0.15, 0.2) is 42.5 Å². The van der Waals surface area contributed by atoms with E-state index in [1.807, 2.05) is 0 Å². The van der Waals surface area contributed by atoms with Crippen molar-refractivity contribution in [3.63, 3.8) is 0 Å². The number of non-ortho nitro benzene ring substituents is 1. The first-order chi connectivity index (χ1) is 14.0. The van der Waals surface area contributed by atoms with Gasteiger partial charge >= 0.3 is 0 Å². The number of anilines is 1. The number of amides is 1. The number of benzene rings is 2. The van der Waals surface area contributed by atoms with Gasteiger partial charge in [-0.2, -0.15) is 0 Å². The molecule has 9 heteroatoms. The smallest absolute Gasteiger partial charge is 0.273 e. The van der Waals surface area contributed by atoms with Gasteiger partial charge in [0.2, 0.25) is 5.91 Å². The average Bonchev–Trinajstić information content (AvgIpc) is 2.74. The van der Waals surface area contributed by atoms with E-state index in [9.17, 15) is 14.9 Å². The molecule has 8 nitrogen and oxygen atoms in total. The van der Waals surface area contributed by atoms with Crippen LogP contribution in [0.25, 0.3) is 0 Å². The predicted octanol–water partition coefficient (Wildman–Crippen LogP) is 3.17. The maximum absolute atomic E-state index is 12.7. The molecular weight excluding hydrogens is 408 g/mol. The van der Waals surface area contributed by atoms with Crippen LogP contribution in [0, 0.1) is 10.1 Å². The molecule has 2 aromatic carbocycles. The van der Waals surface area contributed by atoms with Crippen LogP contribution in [-0.4, -0.2) is 49.0 Å². The number of rotatable bonds is 7. The summed E-state index contributed by atoms with van der Waals surface area (Å²) in [6.45, 7) is 4.70. The molecule has 2 aromatic rings. The fraction of sp³-hybridized carbons (Fsp3) is 0.381. The standard InChI is InChI=1S/C21H26N4O4.ClH/c1-3-15-4-6-16(7-5-15)19-13-22-10-11-24(19)14-21(26)23-18-9-8-17(25(27)28)12-20(18)29-2;/h4-9,12,19,22H,3,10-11,13-14H2,1-2H3,(H,23,26);1H. The average molecular weight is 435 g/mol. The minimum absolute atomic E-state index is 0. The highest BCUT2D eigenvalue weighted by Gasteiger charge is 2.26. The number of piperazine rings is 1. The second kappa shape index (κ2) is 10.9. The summed E-state index contributed by atoms with van der Waals surface area (Å²) in [6.07, 6.45) is 0.992. The molecule has 2 N–H and O–H groups in total. The van der Waals surface area contributed by atoms with Gasteiger partial charge in [-0.3, -0.25) is 19.8 Å². The number of nitrogens with one attached hydrogen (secondary N) is 2. The molecule has 0 bridgehead atoms. The fourth-order valence-corrected chi connectivity index (χ4v) is 3.51. The predicted molar refractivity (Wildman–Crippen MR) is 119 cm³/mol. The molecular formula is C21H27ClN4O4. The maximum Gasteiger partial charge on any atom is 0.273 e. The summed E-state index contributed by atoms with van der Waals surface area (Å²) >= 11 is 0. The number of nitrogens with zero attached hydrogens (tertiary/aromatic N) is 2. The van der Waals surface area contributed by atoms with Crippen molar-refractivity contribution in [1.82, 2.24) is 10.2 Å². The van der Waals surface area contributed by atoms with Crippen molar-refractivity contribution >= 4 is 29.7 Å². The van der Waals surface area contributed by atoms with Crippen LogP contribution in [0.3, 0.4) is 0 Å². The summed E-state index contributed by atoms with van der Waals surface area (Å²) in [6, 6.07) is 12.8. The lowest BCUT2D eigenvalue weighted by molar-refractivity contribution is -0.384. The number of hydrogen-bond acceptors (Lipinski definition) is 6. The highest BCUT2D eigenvalue weighted by molar-refractivity contribution is 5.94. The fourth-order valence-electron chi connectivity index (χ4n) is 3.51. The number of carbonyl (C=O) groups is 1. The zero-order chi connectivity index (χ0) is 20.8. The summed E-state index contributed by atoms with van der Waals surface area (Å²) < 4.78 is 5.20. The Labute approximate surface area is 182 Å². The number of carbonyl (C=O) groups excluding carboxylic acids is 1. The second-order valence-electron chi connectivity index (χ2n) is 6.98. The van der Waals surface area contributed by atoms with Crippen molar-refractivity contribution in [1.29, 1.82) is 0 Å². The van der Waals surface area contributed by atoms with Crippen molar-refractivity contribution in [3.05, 3.63) is 63.7 Å². The third-order valence-corrected chi connectivity index (χ3v) is 5.14. The van der Waals surface area contributed by atoms with Gasteiger partial charge in [-0.1, -0.05) is 31.2 Å². The Kier molecular flexibility index (Phi) is 8.58. The molecule has 0 saturated carbocycles. The molecule has 1 saturated heterocycles. The number of hydrogen-bond donors (Lipinski definition) is 2. The summed E-state index contributed by atoms with van der Waals surface area (Å²) in [5, 5.41) is 17.1. The summed E-state index contributed by atoms with van der Waals surface area (Å²) in [5.41, 5.74) is 2.79. The third kappa shape index (κ3) is 5.69. The molecule has 1 fully saturated rings. The molecule has 0 spiro atoms. The zero-order valence-electron chi connectivity index (χ0n) is 17.1. The Hall–Kier alpha value is -2.68. The van der Waals surface area contributed by atoms with Gasteiger partial charge in [0.25, 0.3) is 5.69 Å². The largest absolute Gasteiger partial charge is 0.494 e. The number of nitro groups is 1. The van der Waals surface area contributed by atoms with Crippen LogP contribution < -0.4 is 15.4 Å². The summed E-state index contributed by atoms with van der Waals surface area (Å²) in [5.74, 6) is 0.0776. The molecule has 1 aliphatic rings. The maximum atomic E-state index is 12.7. The van der Waals surface area contributed by atoms with E-state index in [1.54, 1.807) is 0 Å². The molecule has 1 atom stereocenters. The molecule has 1 unspecified atom stereocenters. The highest BCUT2D eigenvalue weighted by Crippen LogP contribution is 2.29. The molecule has 1 aliphatic heterocycles. The number of nitro benzene ring substituents is 1. The van der Waals surface area contributed by atoms with E-state index in [-0.39, 0.29) is 42.3 Å². The lowest BCUT2D eigenvalue weighted by Crippen LogP contribution is -2.48. The van der Waals surface area contributed by atoms with Crippen LogP contribution in [0.4, 0.5) is 11.4 Å². The van der Waals surface area contributed by atoms with Crippen LogP contribution in [0.5, 0.6) is 5.75 Å². The molecule has 1 heterocycles. The lowest BCUT2D eigenvalue weighted by atomic mass is 10.0. The molecule has 0 aliphatic carbocycles. The minimum atomic E-state index is -0.497. The second-order valence-corrected chi connectivity index (χ2v) is 6.98. The molecule has 162 valence electrons. The van der Waals surface area contributed by atoms with E-state index in [4.69, 9.17) is 4.74 Å². The molecule has 3 rings (SSSR count). The Morgan fingerprint density at radius 3 is 2.67 bits per heavy atom. The summed E-state index contributed by atoms with van der Waals surface area (Å²) in [7, 11) is 1.42. The number of aryl methyl sites for hydroxylation is 1. The Balaban J connectivity index is 0.00000320.